The number of rotatable bonds is 5. The molecule has 206 valence electrons. The van der Waals surface area contributed by atoms with Gasteiger partial charge in [0.25, 0.3) is 0 Å². The van der Waals surface area contributed by atoms with Crippen LogP contribution in [0.1, 0.15) is 11.1 Å². The van der Waals surface area contributed by atoms with Crippen molar-refractivity contribution in [1.82, 2.24) is 9.97 Å². The third kappa shape index (κ3) is 5.32. The molecule has 9 heteroatoms. The summed E-state index contributed by atoms with van der Waals surface area (Å²) in [4.78, 5) is 20.8. The number of morpholine rings is 1. The maximum atomic E-state index is 16.1. The fourth-order valence-electron chi connectivity index (χ4n) is 5.89. The fraction of sp³-hybridized carbons (Fsp3) is 0.467. The van der Waals surface area contributed by atoms with Gasteiger partial charge in [0.2, 0.25) is 11.8 Å². The van der Waals surface area contributed by atoms with Crippen molar-refractivity contribution in [3.05, 3.63) is 65.5 Å². The van der Waals surface area contributed by atoms with Crippen LogP contribution in [0.5, 0.6) is 0 Å². The summed E-state index contributed by atoms with van der Waals surface area (Å²) in [6, 6.07) is 17.0. The molecule has 3 fully saturated rings. The smallest absolute Gasteiger partial charge is 0.229 e. The molecule has 4 heterocycles. The number of halogens is 1. The summed E-state index contributed by atoms with van der Waals surface area (Å²) < 4.78 is 21.7. The molecule has 0 atom stereocenters. The molecule has 3 aliphatic rings. The summed E-state index contributed by atoms with van der Waals surface area (Å²) >= 11 is 0. The maximum Gasteiger partial charge on any atom is 0.229 e. The summed E-state index contributed by atoms with van der Waals surface area (Å²) in [7, 11) is 0. The van der Waals surface area contributed by atoms with Crippen molar-refractivity contribution < 1.29 is 9.13 Å². The number of anilines is 5. The molecule has 0 unspecified atom stereocenters. The lowest BCUT2D eigenvalue weighted by Crippen LogP contribution is -2.49. The van der Waals surface area contributed by atoms with E-state index in [2.05, 4.69) is 82.0 Å². The Hall–Kier alpha value is -3.59. The third-order valence-electron chi connectivity index (χ3n) is 8.17. The average Bonchev–Trinajstić information content (AvgIpc) is 2.99. The largest absolute Gasteiger partial charge is 0.378 e. The van der Waals surface area contributed by atoms with Crippen molar-refractivity contribution in [3.8, 4) is 0 Å². The van der Waals surface area contributed by atoms with Gasteiger partial charge in [-0.05, 0) is 37.1 Å². The summed E-state index contributed by atoms with van der Waals surface area (Å²) in [5.74, 6) is 1.13. The van der Waals surface area contributed by atoms with E-state index in [1.165, 1.54) is 22.5 Å². The number of benzene rings is 2. The molecule has 0 bridgehead atoms. The van der Waals surface area contributed by atoms with Gasteiger partial charge in [0.15, 0.2) is 11.6 Å². The Morgan fingerprint density at radius 1 is 0.564 bits per heavy atom. The minimum Gasteiger partial charge on any atom is -0.378 e. The van der Waals surface area contributed by atoms with Crippen LogP contribution in [-0.2, 0) is 4.74 Å². The van der Waals surface area contributed by atoms with Crippen molar-refractivity contribution >= 4 is 29.0 Å². The molecule has 3 aliphatic heterocycles. The fourth-order valence-corrected chi connectivity index (χ4v) is 5.89. The minimum absolute atomic E-state index is 0.316. The highest BCUT2D eigenvalue weighted by Gasteiger charge is 2.29. The lowest BCUT2D eigenvalue weighted by molar-refractivity contribution is 0.122. The zero-order valence-electron chi connectivity index (χ0n) is 23.0. The van der Waals surface area contributed by atoms with E-state index in [9.17, 15) is 0 Å². The van der Waals surface area contributed by atoms with E-state index < -0.39 is 0 Å². The van der Waals surface area contributed by atoms with Gasteiger partial charge in [0.1, 0.15) is 0 Å². The summed E-state index contributed by atoms with van der Waals surface area (Å²) in [5.41, 5.74) is 5.08. The zero-order chi connectivity index (χ0) is 26.8. The lowest BCUT2D eigenvalue weighted by Gasteiger charge is -2.39. The number of aromatic nitrogens is 2. The molecule has 3 aromatic rings. The van der Waals surface area contributed by atoms with Crippen molar-refractivity contribution in [2.75, 3.05) is 103 Å². The van der Waals surface area contributed by atoms with Gasteiger partial charge in [-0.25, -0.2) is 0 Å². The summed E-state index contributed by atoms with van der Waals surface area (Å²) in [5, 5.41) is 0. The van der Waals surface area contributed by atoms with E-state index in [-0.39, 0.29) is 5.82 Å². The van der Waals surface area contributed by atoms with Crippen LogP contribution in [-0.4, -0.2) is 88.6 Å². The standard InChI is InChI=1S/C30H38FN7O/c1-23-7-3-5-9-25(23)34-11-15-36(16-12-34)28-27(31)29(37-19-21-39-22-20-37)33-30(32-28)38-17-13-35(14-18-38)26-10-6-4-8-24(26)2/h3-10H,11-22H2,1-2H3. The third-order valence-corrected chi connectivity index (χ3v) is 8.17. The molecule has 1 aromatic heterocycles. The first-order valence-corrected chi connectivity index (χ1v) is 14.1. The molecule has 0 spiro atoms. The highest BCUT2D eigenvalue weighted by molar-refractivity contribution is 5.60. The Morgan fingerprint density at radius 2 is 0.974 bits per heavy atom. The van der Waals surface area contributed by atoms with Crippen LogP contribution in [0.3, 0.4) is 0 Å². The van der Waals surface area contributed by atoms with E-state index in [0.717, 1.165) is 39.3 Å². The molecule has 0 amide bonds. The monoisotopic (exact) mass is 531 g/mol. The minimum atomic E-state index is -0.316. The second-order valence-corrected chi connectivity index (χ2v) is 10.6. The van der Waals surface area contributed by atoms with E-state index in [1.807, 2.05) is 4.90 Å². The van der Waals surface area contributed by atoms with E-state index in [0.29, 0.717) is 57.0 Å². The molecule has 0 N–H and O–H groups in total. The van der Waals surface area contributed by atoms with Crippen LogP contribution < -0.4 is 24.5 Å². The van der Waals surface area contributed by atoms with Crippen LogP contribution in [0, 0.1) is 19.7 Å². The number of piperazine rings is 2. The topological polar surface area (TPSA) is 51.2 Å². The Labute approximate surface area is 230 Å². The highest BCUT2D eigenvalue weighted by Crippen LogP contribution is 2.31. The Balaban J connectivity index is 1.24. The normalized spacial score (nSPS) is 18.6. The Kier molecular flexibility index (Phi) is 7.41. The second-order valence-electron chi connectivity index (χ2n) is 10.6. The first-order valence-electron chi connectivity index (χ1n) is 14.1. The van der Waals surface area contributed by atoms with Gasteiger partial charge < -0.3 is 29.2 Å². The maximum absolute atomic E-state index is 16.1. The van der Waals surface area contributed by atoms with E-state index in [4.69, 9.17) is 14.7 Å². The molecule has 39 heavy (non-hydrogen) atoms. The molecule has 0 aliphatic carbocycles. The molecule has 8 nitrogen and oxygen atoms in total. The number of hydrogen-bond acceptors (Lipinski definition) is 8. The van der Waals surface area contributed by atoms with Crippen molar-refractivity contribution in [1.29, 1.82) is 0 Å². The van der Waals surface area contributed by atoms with Crippen LogP contribution in [0.15, 0.2) is 48.5 Å². The van der Waals surface area contributed by atoms with E-state index >= 15 is 4.39 Å². The molecule has 0 saturated carbocycles. The van der Waals surface area contributed by atoms with Gasteiger partial charge in [-0.3, -0.25) is 0 Å². The molecule has 6 rings (SSSR count). The van der Waals surface area contributed by atoms with E-state index in [1.54, 1.807) is 0 Å². The summed E-state index contributed by atoms with van der Waals surface area (Å²) in [6.07, 6.45) is 0. The van der Waals surface area contributed by atoms with Gasteiger partial charge in [-0.1, -0.05) is 36.4 Å². The quantitative estimate of drug-likeness (QED) is 0.494. The zero-order valence-corrected chi connectivity index (χ0v) is 23.0. The second kappa shape index (κ2) is 11.3. The predicted octanol–water partition coefficient (Wildman–Crippen LogP) is 3.72. The lowest BCUT2D eigenvalue weighted by atomic mass is 10.1. The molecule has 0 radical (unpaired) electrons. The highest BCUT2D eigenvalue weighted by atomic mass is 19.1. The first-order chi connectivity index (χ1) is 19.1. The molecule has 2 aromatic carbocycles. The van der Waals surface area contributed by atoms with Gasteiger partial charge in [-0.2, -0.15) is 14.4 Å². The average molecular weight is 532 g/mol. The Bertz CT molecular complexity index is 1280. The summed E-state index contributed by atoms with van der Waals surface area (Å²) in [6.45, 7) is 13.2. The number of para-hydroxylation sites is 2. The van der Waals surface area contributed by atoms with Gasteiger partial charge in [0, 0.05) is 76.8 Å². The van der Waals surface area contributed by atoms with Gasteiger partial charge in [0.05, 0.1) is 13.2 Å². The SMILES string of the molecule is Cc1ccccc1N1CCN(c2nc(N3CCOCC3)c(F)c(N3CCN(c4ccccc4C)CC3)n2)CC1. The van der Waals surface area contributed by atoms with Crippen molar-refractivity contribution in [2.24, 2.45) is 0 Å². The van der Waals surface area contributed by atoms with Crippen LogP contribution in [0.4, 0.5) is 33.3 Å². The first kappa shape index (κ1) is 25.7. The van der Waals surface area contributed by atoms with Crippen LogP contribution in [0.2, 0.25) is 0 Å². The number of hydrogen-bond donors (Lipinski definition) is 0. The number of nitrogens with zero attached hydrogens (tertiary/aromatic N) is 7. The number of ether oxygens (including phenoxy) is 1. The van der Waals surface area contributed by atoms with Gasteiger partial charge in [-0.15, -0.1) is 0 Å². The predicted molar refractivity (Wildman–Crippen MR) is 156 cm³/mol. The van der Waals surface area contributed by atoms with Crippen molar-refractivity contribution in [2.45, 2.75) is 13.8 Å². The number of aryl methyl sites for hydroxylation is 2. The molecular formula is C30H38FN7O. The Morgan fingerprint density at radius 3 is 1.46 bits per heavy atom. The van der Waals surface area contributed by atoms with Crippen LogP contribution in [0.25, 0.3) is 0 Å². The van der Waals surface area contributed by atoms with Crippen LogP contribution >= 0.6 is 0 Å². The molecular weight excluding hydrogens is 493 g/mol. The molecule has 3 saturated heterocycles. The van der Waals surface area contributed by atoms with Gasteiger partial charge >= 0.3 is 0 Å². The van der Waals surface area contributed by atoms with Crippen molar-refractivity contribution in [3.63, 3.8) is 0 Å².